The first-order chi connectivity index (χ1) is 6.93. The van der Waals surface area contributed by atoms with Gasteiger partial charge in [-0.3, -0.25) is 0 Å². The monoisotopic (exact) mass is 427 g/mol. The fourth-order valence-electron chi connectivity index (χ4n) is 0. The maximum atomic E-state index is 8.25. The molecule has 0 N–H and O–H groups in total. The van der Waals surface area contributed by atoms with Crippen molar-refractivity contribution in [2.75, 3.05) is 0 Å². The minimum atomic E-state index is -1.75. The first-order valence-corrected chi connectivity index (χ1v) is 2.19. The van der Waals surface area contributed by atoms with E-state index in [4.69, 9.17) is 61.3 Å². The van der Waals surface area contributed by atoms with Crippen molar-refractivity contribution in [1.82, 2.24) is 0 Å². The van der Waals surface area contributed by atoms with Crippen molar-refractivity contribution >= 4 is 0 Å². The Morgan fingerprint density at radius 3 is 0.444 bits per heavy atom. The molecule has 0 saturated heterocycles. The SMILES string of the molecule is O=[N+]([O-])[O-].O=[N+]([O-])[O-].O=[N+]([O-])[O-].O=[N+]([O-])[O-].[Ce].[K+]. The molecular formula is CeKN4O12-3. The van der Waals surface area contributed by atoms with Crippen molar-refractivity contribution in [3.8, 4) is 0 Å². The van der Waals surface area contributed by atoms with Gasteiger partial charge in [0, 0.05) is 41.7 Å². The van der Waals surface area contributed by atoms with Crippen molar-refractivity contribution < 1.29 is 113 Å². The number of hydrogen-bond donors (Lipinski definition) is 0. The van der Waals surface area contributed by atoms with Gasteiger partial charge in [-0.05, 0) is 0 Å². The zero-order valence-corrected chi connectivity index (χ0v) is 14.5. The molecule has 100 valence electrons. The summed E-state index contributed by atoms with van der Waals surface area (Å²) in [6.45, 7) is 0. The van der Waals surface area contributed by atoms with E-state index in [1.165, 1.54) is 0 Å². The number of nitrogens with zero attached hydrogens (tertiary/aromatic N) is 4. The molecule has 0 atom stereocenters. The van der Waals surface area contributed by atoms with Crippen LogP contribution in [0.3, 0.4) is 0 Å². The zero-order valence-electron chi connectivity index (χ0n) is 8.19. The second kappa shape index (κ2) is 30.1. The molecular weight excluding hydrogens is 427 g/mol. The van der Waals surface area contributed by atoms with Gasteiger partial charge in [0.1, 0.15) is 0 Å². The van der Waals surface area contributed by atoms with E-state index < -0.39 is 20.3 Å². The average molecular weight is 427 g/mol. The third kappa shape index (κ3) is 99200. The molecule has 0 aliphatic heterocycles. The Hall–Kier alpha value is -0.187. The summed E-state index contributed by atoms with van der Waals surface area (Å²) in [7, 11) is 0. The average Bonchev–Trinajstić information content (AvgIpc) is 1.76. The maximum Gasteiger partial charge on any atom is 1.00 e. The van der Waals surface area contributed by atoms with Gasteiger partial charge in [0.05, 0.1) is 20.3 Å². The Bertz CT molecular complexity index is 164. The van der Waals surface area contributed by atoms with E-state index in [9.17, 15) is 0 Å². The maximum absolute atomic E-state index is 8.25. The third-order valence-corrected chi connectivity index (χ3v) is 0. The molecule has 0 radical (unpaired) electrons. The number of rotatable bonds is 0. The Labute approximate surface area is 172 Å². The Balaban J connectivity index is -0.0000000257. The van der Waals surface area contributed by atoms with Crippen LogP contribution in [0.25, 0.3) is 0 Å². The van der Waals surface area contributed by atoms with Crippen molar-refractivity contribution in [3.63, 3.8) is 0 Å². The molecule has 0 fully saturated rings. The summed E-state index contributed by atoms with van der Waals surface area (Å²) >= 11 is 0. The molecule has 0 rings (SSSR count). The Morgan fingerprint density at radius 1 is 0.444 bits per heavy atom. The van der Waals surface area contributed by atoms with Crippen LogP contribution >= 0.6 is 0 Å². The van der Waals surface area contributed by atoms with Gasteiger partial charge in [0.25, 0.3) is 0 Å². The summed E-state index contributed by atoms with van der Waals surface area (Å²) in [5, 5.41) is 59.0. The molecule has 0 aliphatic rings. The summed E-state index contributed by atoms with van der Waals surface area (Å²) in [5.41, 5.74) is 0. The quantitative estimate of drug-likeness (QED) is 0.203. The van der Waals surface area contributed by atoms with Crippen LogP contribution < -0.4 is 51.4 Å². The fourth-order valence-corrected chi connectivity index (χ4v) is 0. The van der Waals surface area contributed by atoms with E-state index in [0.717, 1.165) is 0 Å². The van der Waals surface area contributed by atoms with Crippen molar-refractivity contribution in [3.05, 3.63) is 61.3 Å². The van der Waals surface area contributed by atoms with Crippen LogP contribution in [-0.2, 0) is 0 Å². The van der Waals surface area contributed by atoms with Crippen LogP contribution in [-0.4, -0.2) is 20.3 Å². The molecule has 0 spiro atoms. The van der Waals surface area contributed by atoms with Crippen LogP contribution in [0.1, 0.15) is 0 Å². The van der Waals surface area contributed by atoms with Crippen molar-refractivity contribution in [2.45, 2.75) is 0 Å². The third-order valence-electron chi connectivity index (χ3n) is 0. The molecule has 0 amide bonds. The Kier molecular flexibility index (Phi) is 60.4. The molecule has 0 aromatic heterocycles. The minimum Gasteiger partial charge on any atom is -0.356 e. The van der Waals surface area contributed by atoms with E-state index in [-0.39, 0.29) is 93.1 Å². The van der Waals surface area contributed by atoms with Crippen LogP contribution in [0.15, 0.2) is 0 Å². The van der Waals surface area contributed by atoms with Crippen LogP contribution in [0.2, 0.25) is 0 Å². The van der Waals surface area contributed by atoms with E-state index in [0.29, 0.717) is 0 Å². The van der Waals surface area contributed by atoms with Gasteiger partial charge in [-0.2, -0.15) is 0 Å². The molecule has 18 heteroatoms. The molecule has 0 aromatic carbocycles. The largest absolute Gasteiger partial charge is 1.00 e. The summed E-state index contributed by atoms with van der Waals surface area (Å²) < 4.78 is 0. The molecule has 16 nitrogen and oxygen atoms in total. The number of hydrogen-bond acceptors (Lipinski definition) is 12. The molecule has 0 heterocycles. The van der Waals surface area contributed by atoms with Gasteiger partial charge in [-0.15, -0.1) is 0 Å². The second-order valence-electron chi connectivity index (χ2n) is 0.894. The molecule has 0 aliphatic carbocycles. The van der Waals surface area contributed by atoms with Gasteiger partial charge < -0.3 is 61.3 Å². The van der Waals surface area contributed by atoms with Crippen molar-refractivity contribution in [1.29, 1.82) is 0 Å². The van der Waals surface area contributed by atoms with E-state index in [1.807, 2.05) is 0 Å². The normalized spacial score (nSPS) is 5.33. The molecule has 0 unspecified atom stereocenters. The zero-order chi connectivity index (χ0) is 14.3. The van der Waals surface area contributed by atoms with Crippen LogP contribution in [0.5, 0.6) is 0 Å². The van der Waals surface area contributed by atoms with Gasteiger partial charge in [-0.1, -0.05) is 0 Å². The van der Waals surface area contributed by atoms with Gasteiger partial charge in [0.15, 0.2) is 0 Å². The predicted octanol–water partition coefficient (Wildman–Crippen LogP) is -3.95. The Morgan fingerprint density at radius 2 is 0.444 bits per heavy atom. The van der Waals surface area contributed by atoms with E-state index in [2.05, 4.69) is 0 Å². The first kappa shape index (κ1) is 36.1. The summed E-state index contributed by atoms with van der Waals surface area (Å²) in [6, 6.07) is 0. The molecule has 0 bridgehead atoms. The van der Waals surface area contributed by atoms with Gasteiger partial charge in [-0.25, -0.2) is 0 Å². The van der Waals surface area contributed by atoms with E-state index in [1.54, 1.807) is 0 Å². The summed E-state index contributed by atoms with van der Waals surface area (Å²) in [4.78, 5) is 33.0. The first-order valence-electron chi connectivity index (χ1n) is 2.19. The molecule has 0 aromatic rings. The predicted molar refractivity (Wildman–Crippen MR) is 41.4 cm³/mol. The molecule has 0 saturated carbocycles. The molecule has 18 heavy (non-hydrogen) atoms. The fraction of sp³-hybridized carbons (Fsp3) is 0. The van der Waals surface area contributed by atoms with Gasteiger partial charge in [0.2, 0.25) is 0 Å². The standard InChI is InChI=1S/Ce.K.4NO3/c;;4*2-1(3)4/q;+1;4*-1. The smallest absolute Gasteiger partial charge is 0.356 e. The van der Waals surface area contributed by atoms with Crippen LogP contribution in [0.4, 0.5) is 0 Å². The summed E-state index contributed by atoms with van der Waals surface area (Å²) in [5.74, 6) is 0. The minimum absolute atomic E-state index is 0. The van der Waals surface area contributed by atoms with Crippen molar-refractivity contribution in [2.24, 2.45) is 0 Å². The second-order valence-corrected chi connectivity index (χ2v) is 0.894. The van der Waals surface area contributed by atoms with Gasteiger partial charge >= 0.3 is 51.4 Å². The topological polar surface area (TPSA) is 265 Å². The van der Waals surface area contributed by atoms with Crippen LogP contribution in [0, 0.1) is 103 Å². The van der Waals surface area contributed by atoms with E-state index >= 15 is 0 Å². The summed E-state index contributed by atoms with van der Waals surface area (Å²) in [6.07, 6.45) is 0.